The first-order valence-corrected chi connectivity index (χ1v) is 7.67. The van der Waals surface area contributed by atoms with Crippen LogP contribution < -0.4 is 4.90 Å². The summed E-state index contributed by atoms with van der Waals surface area (Å²) in [5.41, 5.74) is 1.71. The fraction of sp³-hybridized carbons (Fsp3) is 0.176. The molecule has 7 nitrogen and oxygen atoms in total. The highest BCUT2D eigenvalue weighted by Gasteiger charge is 2.12. The molecule has 0 saturated carbocycles. The average molecular weight is 319 g/mol. The maximum absolute atomic E-state index is 4.70. The van der Waals surface area contributed by atoms with Gasteiger partial charge in [-0.25, -0.2) is 4.98 Å². The molecule has 3 heterocycles. The minimum Gasteiger partial charge on any atom is -0.351 e. The maximum atomic E-state index is 4.70. The highest BCUT2D eigenvalue weighted by Crippen LogP contribution is 2.19. The molecule has 0 unspecified atom stereocenters. The van der Waals surface area contributed by atoms with Crippen LogP contribution in [0.1, 0.15) is 5.82 Å². The number of rotatable bonds is 4. The van der Waals surface area contributed by atoms with Crippen molar-refractivity contribution >= 4 is 11.5 Å². The largest absolute Gasteiger partial charge is 0.351 e. The number of anilines is 1. The van der Waals surface area contributed by atoms with E-state index in [0.29, 0.717) is 6.54 Å². The number of hydrogen-bond acceptors (Lipinski definition) is 5. The number of aromatic nitrogens is 6. The molecule has 24 heavy (non-hydrogen) atoms. The molecule has 0 aliphatic rings. The first kappa shape index (κ1) is 14.4. The Morgan fingerprint density at radius 1 is 1.04 bits per heavy atom. The van der Waals surface area contributed by atoms with Crippen LogP contribution in [0.5, 0.6) is 0 Å². The van der Waals surface area contributed by atoms with Crippen molar-refractivity contribution < 1.29 is 0 Å². The van der Waals surface area contributed by atoms with Gasteiger partial charge in [-0.05, 0) is 12.1 Å². The van der Waals surface area contributed by atoms with Gasteiger partial charge in [-0.2, -0.15) is 4.52 Å². The summed E-state index contributed by atoms with van der Waals surface area (Å²) in [5.74, 6) is 2.55. The van der Waals surface area contributed by atoms with Gasteiger partial charge in [-0.1, -0.05) is 30.3 Å². The lowest BCUT2D eigenvalue weighted by atomic mass is 10.2. The quantitative estimate of drug-likeness (QED) is 0.577. The van der Waals surface area contributed by atoms with Crippen LogP contribution in [0.15, 0.2) is 54.9 Å². The summed E-state index contributed by atoms with van der Waals surface area (Å²) in [5, 5.41) is 13.2. The van der Waals surface area contributed by atoms with Crippen LogP contribution in [-0.2, 0) is 13.6 Å². The molecule has 0 spiro atoms. The van der Waals surface area contributed by atoms with Gasteiger partial charge in [-0.15, -0.1) is 15.3 Å². The molecule has 0 N–H and O–H groups in total. The van der Waals surface area contributed by atoms with Crippen molar-refractivity contribution in [1.82, 2.24) is 29.4 Å². The summed E-state index contributed by atoms with van der Waals surface area (Å²) in [6, 6.07) is 13.8. The summed E-state index contributed by atoms with van der Waals surface area (Å²) in [4.78, 5) is 6.41. The SMILES string of the molecule is CN(Cc1nccn1C)c1ccc2nnc(-c3ccccc3)n2n1. The van der Waals surface area contributed by atoms with E-state index in [9.17, 15) is 0 Å². The van der Waals surface area contributed by atoms with Crippen LogP contribution >= 0.6 is 0 Å². The molecule has 0 saturated heterocycles. The number of hydrogen-bond donors (Lipinski definition) is 0. The Bertz CT molecular complexity index is 971. The normalized spacial score (nSPS) is 11.1. The molecule has 0 amide bonds. The standard InChI is InChI=1S/C17H17N7/c1-22-11-10-18-16(22)12-23(2)15-9-8-14-19-20-17(24(14)21-15)13-6-4-3-5-7-13/h3-11H,12H2,1-2H3. The Kier molecular flexibility index (Phi) is 3.45. The second-order valence-corrected chi connectivity index (χ2v) is 5.66. The summed E-state index contributed by atoms with van der Waals surface area (Å²) in [6.45, 7) is 0.671. The van der Waals surface area contributed by atoms with E-state index in [-0.39, 0.29) is 0 Å². The van der Waals surface area contributed by atoms with E-state index in [0.717, 1.165) is 28.7 Å². The smallest absolute Gasteiger partial charge is 0.185 e. The molecule has 7 heteroatoms. The van der Waals surface area contributed by atoms with Gasteiger partial charge in [-0.3, -0.25) is 0 Å². The Balaban J connectivity index is 1.71. The molecular weight excluding hydrogens is 302 g/mol. The van der Waals surface area contributed by atoms with Crippen molar-refractivity contribution in [3.63, 3.8) is 0 Å². The lowest BCUT2D eigenvalue weighted by molar-refractivity contribution is 0.746. The third-order valence-corrected chi connectivity index (χ3v) is 3.97. The minimum absolute atomic E-state index is 0.671. The Morgan fingerprint density at radius 3 is 2.62 bits per heavy atom. The van der Waals surface area contributed by atoms with Crippen molar-refractivity contribution in [2.24, 2.45) is 7.05 Å². The zero-order chi connectivity index (χ0) is 16.5. The van der Waals surface area contributed by atoms with Crippen LogP contribution in [0.25, 0.3) is 17.0 Å². The molecule has 0 aliphatic heterocycles. The van der Waals surface area contributed by atoms with Gasteiger partial charge in [0.1, 0.15) is 11.6 Å². The van der Waals surface area contributed by atoms with Gasteiger partial charge in [0.15, 0.2) is 11.5 Å². The topological polar surface area (TPSA) is 64.1 Å². The van der Waals surface area contributed by atoms with Crippen molar-refractivity contribution in [1.29, 1.82) is 0 Å². The minimum atomic E-state index is 0.671. The van der Waals surface area contributed by atoms with E-state index >= 15 is 0 Å². The predicted molar refractivity (Wildman–Crippen MR) is 91.5 cm³/mol. The van der Waals surface area contributed by atoms with Crippen molar-refractivity contribution in [2.45, 2.75) is 6.54 Å². The maximum Gasteiger partial charge on any atom is 0.185 e. The molecule has 0 radical (unpaired) electrons. The Labute approximate surface area is 139 Å². The third kappa shape index (κ3) is 2.50. The number of imidazole rings is 1. The fourth-order valence-corrected chi connectivity index (χ4v) is 2.59. The number of fused-ring (bicyclic) bond motifs is 1. The van der Waals surface area contributed by atoms with Gasteiger partial charge in [0.2, 0.25) is 0 Å². The van der Waals surface area contributed by atoms with Crippen LogP contribution in [0.3, 0.4) is 0 Å². The molecule has 0 fully saturated rings. The lowest BCUT2D eigenvalue weighted by Gasteiger charge is -2.17. The number of benzene rings is 1. The molecule has 0 atom stereocenters. The summed E-state index contributed by atoms with van der Waals surface area (Å²) < 4.78 is 3.78. The fourth-order valence-electron chi connectivity index (χ4n) is 2.59. The van der Waals surface area contributed by atoms with E-state index in [1.165, 1.54) is 0 Å². The number of nitrogens with zero attached hydrogens (tertiary/aromatic N) is 7. The first-order valence-electron chi connectivity index (χ1n) is 7.67. The Morgan fingerprint density at radius 2 is 1.88 bits per heavy atom. The van der Waals surface area contributed by atoms with Gasteiger partial charge in [0.05, 0.1) is 6.54 Å². The molecule has 0 aliphatic carbocycles. The molecule has 1 aromatic carbocycles. The van der Waals surface area contributed by atoms with E-state index in [1.54, 1.807) is 10.7 Å². The second-order valence-electron chi connectivity index (χ2n) is 5.66. The number of aryl methyl sites for hydroxylation is 1. The highest BCUT2D eigenvalue weighted by molar-refractivity contribution is 5.59. The van der Waals surface area contributed by atoms with Crippen molar-refractivity contribution in [2.75, 3.05) is 11.9 Å². The molecule has 4 rings (SSSR count). The molecule has 4 aromatic rings. The van der Waals surface area contributed by atoms with Crippen LogP contribution in [-0.4, -0.2) is 36.4 Å². The molecular formula is C17H17N7. The Hall–Kier alpha value is -3.22. The molecule has 120 valence electrons. The van der Waals surface area contributed by atoms with E-state index in [4.69, 9.17) is 5.10 Å². The van der Waals surface area contributed by atoms with Crippen LogP contribution in [0.4, 0.5) is 5.82 Å². The zero-order valence-electron chi connectivity index (χ0n) is 13.5. The predicted octanol–water partition coefficient (Wildman–Crippen LogP) is 2.16. The van der Waals surface area contributed by atoms with Gasteiger partial charge >= 0.3 is 0 Å². The second kappa shape index (κ2) is 5.77. The van der Waals surface area contributed by atoms with E-state index in [1.807, 2.05) is 67.3 Å². The van der Waals surface area contributed by atoms with Crippen LogP contribution in [0.2, 0.25) is 0 Å². The molecule has 0 bridgehead atoms. The van der Waals surface area contributed by atoms with Gasteiger partial charge in [0, 0.05) is 32.1 Å². The van der Waals surface area contributed by atoms with Crippen molar-refractivity contribution in [3.8, 4) is 11.4 Å². The first-order chi connectivity index (χ1) is 11.7. The average Bonchev–Trinajstić information content (AvgIpc) is 3.21. The van der Waals surface area contributed by atoms with Crippen molar-refractivity contribution in [3.05, 3.63) is 60.7 Å². The monoisotopic (exact) mass is 319 g/mol. The van der Waals surface area contributed by atoms with Gasteiger partial charge < -0.3 is 9.47 Å². The summed E-state index contributed by atoms with van der Waals surface area (Å²) >= 11 is 0. The zero-order valence-corrected chi connectivity index (χ0v) is 13.5. The van der Waals surface area contributed by atoms with E-state index in [2.05, 4.69) is 20.1 Å². The highest BCUT2D eigenvalue weighted by atomic mass is 15.4. The molecule has 3 aromatic heterocycles. The van der Waals surface area contributed by atoms with Gasteiger partial charge in [0.25, 0.3) is 0 Å². The third-order valence-electron chi connectivity index (χ3n) is 3.97. The van der Waals surface area contributed by atoms with E-state index < -0.39 is 0 Å². The van der Waals surface area contributed by atoms with Crippen LogP contribution in [0, 0.1) is 0 Å². The summed E-state index contributed by atoms with van der Waals surface area (Å²) in [7, 11) is 3.98. The lowest BCUT2D eigenvalue weighted by Crippen LogP contribution is -2.20. The summed E-state index contributed by atoms with van der Waals surface area (Å²) in [6.07, 6.45) is 3.74.